The molecule has 2 heterocycles. The van der Waals surface area contributed by atoms with Crippen LogP contribution in [0.2, 0.25) is 0 Å². The molecule has 3 aliphatic rings. The standard InChI is InChI=1S/C16H28N2O/c1-12(2)18-10-15(11-18)14-5-7-17(8-6-14)16(19)9-13-3-4-13/h12-15H,3-11H2,1-2H3. The average Bonchev–Trinajstić information content (AvgIpc) is 3.11. The van der Waals surface area contributed by atoms with Gasteiger partial charge in [0.05, 0.1) is 0 Å². The van der Waals surface area contributed by atoms with E-state index in [2.05, 4.69) is 23.6 Å². The summed E-state index contributed by atoms with van der Waals surface area (Å²) >= 11 is 0. The highest BCUT2D eigenvalue weighted by molar-refractivity contribution is 5.76. The second kappa shape index (κ2) is 5.43. The van der Waals surface area contributed by atoms with Crippen LogP contribution < -0.4 is 0 Å². The summed E-state index contributed by atoms with van der Waals surface area (Å²) in [6, 6.07) is 0.705. The summed E-state index contributed by atoms with van der Waals surface area (Å²) in [4.78, 5) is 16.8. The molecule has 2 saturated heterocycles. The van der Waals surface area contributed by atoms with E-state index < -0.39 is 0 Å². The number of rotatable bonds is 4. The molecular weight excluding hydrogens is 236 g/mol. The molecule has 0 radical (unpaired) electrons. The van der Waals surface area contributed by atoms with Crippen molar-refractivity contribution in [1.29, 1.82) is 0 Å². The van der Waals surface area contributed by atoms with Crippen LogP contribution in [0.25, 0.3) is 0 Å². The van der Waals surface area contributed by atoms with Crippen LogP contribution in [0.1, 0.15) is 46.0 Å². The van der Waals surface area contributed by atoms with Crippen molar-refractivity contribution in [3.05, 3.63) is 0 Å². The number of likely N-dealkylation sites (tertiary alicyclic amines) is 2. The summed E-state index contributed by atoms with van der Waals surface area (Å²) in [7, 11) is 0. The number of carbonyl (C=O) groups excluding carboxylic acids is 1. The normalized spacial score (nSPS) is 26.8. The molecule has 3 fully saturated rings. The van der Waals surface area contributed by atoms with Gasteiger partial charge >= 0.3 is 0 Å². The Kier molecular flexibility index (Phi) is 3.84. The lowest BCUT2D eigenvalue weighted by atomic mass is 9.79. The molecule has 1 aliphatic carbocycles. The van der Waals surface area contributed by atoms with E-state index in [1.807, 2.05) is 0 Å². The van der Waals surface area contributed by atoms with E-state index in [9.17, 15) is 4.79 Å². The van der Waals surface area contributed by atoms with Gasteiger partial charge < -0.3 is 9.80 Å². The molecule has 0 aromatic carbocycles. The van der Waals surface area contributed by atoms with E-state index in [-0.39, 0.29) is 0 Å². The second-order valence-electron chi connectivity index (χ2n) is 7.17. The van der Waals surface area contributed by atoms with Gasteiger partial charge in [-0.25, -0.2) is 0 Å². The van der Waals surface area contributed by atoms with Gasteiger partial charge in [0.15, 0.2) is 0 Å². The van der Waals surface area contributed by atoms with Crippen molar-refractivity contribution in [2.24, 2.45) is 17.8 Å². The molecule has 108 valence electrons. The Balaban J connectivity index is 1.39. The number of carbonyl (C=O) groups is 1. The summed E-state index contributed by atoms with van der Waals surface area (Å²) in [6.07, 6.45) is 5.89. The van der Waals surface area contributed by atoms with E-state index in [1.165, 1.54) is 38.8 Å². The molecule has 0 N–H and O–H groups in total. The minimum Gasteiger partial charge on any atom is -0.343 e. The lowest BCUT2D eigenvalue weighted by Crippen LogP contribution is -2.54. The zero-order chi connectivity index (χ0) is 13.4. The fraction of sp³-hybridized carbons (Fsp3) is 0.938. The maximum atomic E-state index is 12.1. The van der Waals surface area contributed by atoms with Crippen LogP contribution in [0.5, 0.6) is 0 Å². The summed E-state index contributed by atoms with van der Waals surface area (Å²) in [5.74, 6) is 2.94. The van der Waals surface area contributed by atoms with Crippen LogP contribution in [-0.4, -0.2) is 47.9 Å². The van der Waals surface area contributed by atoms with Crippen molar-refractivity contribution in [3.8, 4) is 0 Å². The summed E-state index contributed by atoms with van der Waals surface area (Å²) in [6.45, 7) is 9.20. The smallest absolute Gasteiger partial charge is 0.222 e. The predicted molar refractivity (Wildman–Crippen MR) is 76.8 cm³/mol. The van der Waals surface area contributed by atoms with Crippen LogP contribution in [0.15, 0.2) is 0 Å². The molecule has 1 saturated carbocycles. The lowest BCUT2D eigenvalue weighted by molar-refractivity contribution is -0.133. The maximum Gasteiger partial charge on any atom is 0.222 e. The van der Waals surface area contributed by atoms with Gasteiger partial charge in [-0.2, -0.15) is 0 Å². The first-order chi connectivity index (χ1) is 9.13. The Morgan fingerprint density at radius 1 is 1.05 bits per heavy atom. The van der Waals surface area contributed by atoms with Crippen molar-refractivity contribution in [3.63, 3.8) is 0 Å². The average molecular weight is 264 g/mol. The summed E-state index contributed by atoms with van der Waals surface area (Å²) in [5, 5.41) is 0. The molecule has 0 unspecified atom stereocenters. The number of piperidine rings is 1. The predicted octanol–water partition coefficient (Wildman–Crippen LogP) is 2.37. The maximum absolute atomic E-state index is 12.1. The van der Waals surface area contributed by atoms with Crippen molar-refractivity contribution < 1.29 is 4.79 Å². The molecule has 1 amide bonds. The molecule has 0 aromatic heterocycles. The minimum atomic E-state index is 0.429. The number of hydrogen-bond donors (Lipinski definition) is 0. The van der Waals surface area contributed by atoms with Crippen molar-refractivity contribution in [2.45, 2.75) is 52.0 Å². The number of hydrogen-bond acceptors (Lipinski definition) is 2. The molecule has 0 atom stereocenters. The van der Waals surface area contributed by atoms with E-state index in [0.29, 0.717) is 11.9 Å². The molecular formula is C16H28N2O. The third kappa shape index (κ3) is 3.13. The third-order valence-electron chi connectivity index (χ3n) is 5.39. The molecule has 0 spiro atoms. The monoisotopic (exact) mass is 264 g/mol. The largest absolute Gasteiger partial charge is 0.343 e. The Labute approximate surface area is 117 Å². The first-order valence-corrected chi connectivity index (χ1v) is 8.15. The summed E-state index contributed by atoms with van der Waals surface area (Å²) < 4.78 is 0. The number of nitrogens with zero attached hydrogens (tertiary/aromatic N) is 2. The van der Waals surface area contributed by atoms with E-state index in [1.54, 1.807) is 0 Å². The van der Waals surface area contributed by atoms with Gasteiger partial charge in [0, 0.05) is 38.6 Å². The Bertz CT molecular complexity index is 324. The van der Waals surface area contributed by atoms with Crippen LogP contribution in [0, 0.1) is 17.8 Å². The lowest BCUT2D eigenvalue weighted by Gasteiger charge is -2.48. The zero-order valence-electron chi connectivity index (χ0n) is 12.5. The SMILES string of the molecule is CC(C)N1CC(C2CCN(C(=O)CC3CC3)CC2)C1. The van der Waals surface area contributed by atoms with E-state index >= 15 is 0 Å². The fourth-order valence-corrected chi connectivity index (χ4v) is 3.59. The number of amides is 1. The first kappa shape index (κ1) is 13.4. The Morgan fingerprint density at radius 2 is 1.68 bits per heavy atom. The minimum absolute atomic E-state index is 0.429. The highest BCUT2D eigenvalue weighted by Gasteiger charge is 2.37. The van der Waals surface area contributed by atoms with Crippen LogP contribution >= 0.6 is 0 Å². The summed E-state index contributed by atoms with van der Waals surface area (Å²) in [5.41, 5.74) is 0. The Morgan fingerprint density at radius 3 is 2.21 bits per heavy atom. The van der Waals surface area contributed by atoms with Gasteiger partial charge in [0.1, 0.15) is 0 Å². The first-order valence-electron chi connectivity index (χ1n) is 8.15. The molecule has 0 bridgehead atoms. The quantitative estimate of drug-likeness (QED) is 0.778. The molecule has 3 rings (SSSR count). The van der Waals surface area contributed by atoms with Gasteiger partial charge in [-0.05, 0) is 57.3 Å². The zero-order valence-corrected chi connectivity index (χ0v) is 12.5. The van der Waals surface area contributed by atoms with Gasteiger partial charge in [0.2, 0.25) is 5.91 Å². The topological polar surface area (TPSA) is 23.6 Å². The fourth-order valence-electron chi connectivity index (χ4n) is 3.59. The van der Waals surface area contributed by atoms with Crippen LogP contribution in [0.3, 0.4) is 0 Å². The third-order valence-corrected chi connectivity index (χ3v) is 5.39. The van der Waals surface area contributed by atoms with Gasteiger partial charge in [0.25, 0.3) is 0 Å². The molecule has 2 aliphatic heterocycles. The van der Waals surface area contributed by atoms with Gasteiger partial charge in [-0.1, -0.05) is 0 Å². The molecule has 19 heavy (non-hydrogen) atoms. The van der Waals surface area contributed by atoms with Crippen molar-refractivity contribution in [1.82, 2.24) is 9.80 Å². The van der Waals surface area contributed by atoms with Crippen molar-refractivity contribution in [2.75, 3.05) is 26.2 Å². The van der Waals surface area contributed by atoms with Gasteiger partial charge in [-0.3, -0.25) is 4.79 Å². The van der Waals surface area contributed by atoms with Gasteiger partial charge in [-0.15, -0.1) is 0 Å². The molecule has 0 aromatic rings. The van der Waals surface area contributed by atoms with Crippen LogP contribution in [0.4, 0.5) is 0 Å². The molecule has 3 heteroatoms. The van der Waals surface area contributed by atoms with E-state index in [0.717, 1.165) is 37.3 Å². The highest BCUT2D eigenvalue weighted by Crippen LogP contribution is 2.35. The highest BCUT2D eigenvalue weighted by atomic mass is 16.2. The second-order valence-corrected chi connectivity index (χ2v) is 7.17. The van der Waals surface area contributed by atoms with Crippen LogP contribution in [-0.2, 0) is 4.79 Å². The Hall–Kier alpha value is -0.570. The molecule has 3 nitrogen and oxygen atoms in total. The van der Waals surface area contributed by atoms with E-state index in [4.69, 9.17) is 0 Å². The van der Waals surface area contributed by atoms with Crippen molar-refractivity contribution >= 4 is 5.91 Å².